The number of ether oxygens (including phenoxy) is 1. The van der Waals surface area contributed by atoms with Crippen LogP contribution in [-0.2, 0) is 14.4 Å². The Morgan fingerprint density at radius 2 is 2.08 bits per heavy atom. The van der Waals surface area contributed by atoms with Gasteiger partial charge in [-0.15, -0.1) is 0 Å². The Morgan fingerprint density at radius 1 is 1.50 bits per heavy atom. The number of methoxy groups -OCH3 is 1. The van der Waals surface area contributed by atoms with Gasteiger partial charge in [0, 0.05) is 0 Å². The van der Waals surface area contributed by atoms with E-state index in [1.807, 2.05) is 0 Å². The van der Waals surface area contributed by atoms with Gasteiger partial charge in [0.25, 0.3) is 0 Å². The second-order valence-electron chi connectivity index (χ2n) is 1.60. The molecular weight excluding hydrogens is 166 g/mol. The third kappa shape index (κ3) is 2.45. The van der Waals surface area contributed by atoms with Crippen LogP contribution in [0.3, 0.4) is 0 Å². The van der Waals surface area contributed by atoms with E-state index in [0.29, 0.717) is 0 Å². The van der Waals surface area contributed by atoms with Crippen molar-refractivity contribution in [1.82, 2.24) is 0 Å². The fraction of sp³-hybridized carbons (Fsp3) is 0.400. The molecule has 0 fully saturated rings. The van der Waals surface area contributed by atoms with E-state index in [0.717, 1.165) is 7.11 Å². The van der Waals surface area contributed by atoms with Gasteiger partial charge in [0.2, 0.25) is 5.71 Å². The van der Waals surface area contributed by atoms with E-state index in [1.54, 1.807) is 0 Å². The molecule has 0 aromatic carbocycles. The van der Waals surface area contributed by atoms with Crippen molar-refractivity contribution in [3.8, 4) is 0 Å². The Morgan fingerprint density at radius 3 is 2.42 bits per heavy atom. The van der Waals surface area contributed by atoms with Crippen LogP contribution in [0.5, 0.6) is 0 Å². The summed E-state index contributed by atoms with van der Waals surface area (Å²) in [4.78, 5) is 15.1. The molecule has 3 N–H and O–H groups in total. The minimum absolute atomic E-state index is 0.387. The van der Waals surface area contributed by atoms with E-state index in [1.165, 1.54) is 7.11 Å². The summed E-state index contributed by atoms with van der Waals surface area (Å²) in [6.45, 7) is 0. The van der Waals surface area contributed by atoms with Crippen molar-refractivity contribution in [1.29, 1.82) is 0 Å². The summed E-state index contributed by atoms with van der Waals surface area (Å²) < 4.78 is 4.27. The van der Waals surface area contributed by atoms with Crippen molar-refractivity contribution in [3.05, 3.63) is 0 Å². The molecule has 7 heteroatoms. The first-order chi connectivity index (χ1) is 5.67. The van der Waals surface area contributed by atoms with Gasteiger partial charge in [-0.3, -0.25) is 0 Å². The molecule has 0 aliphatic rings. The van der Waals surface area contributed by atoms with E-state index >= 15 is 0 Å². The van der Waals surface area contributed by atoms with Crippen molar-refractivity contribution >= 4 is 17.5 Å². The molecule has 0 atom stereocenters. The van der Waals surface area contributed by atoms with Crippen LogP contribution in [-0.4, -0.2) is 36.9 Å². The van der Waals surface area contributed by atoms with E-state index in [9.17, 15) is 4.79 Å². The van der Waals surface area contributed by atoms with Crippen LogP contribution in [0, 0.1) is 0 Å². The quantitative estimate of drug-likeness (QED) is 0.186. The molecule has 0 aliphatic heterocycles. The van der Waals surface area contributed by atoms with Crippen LogP contribution in [0.4, 0.5) is 0 Å². The van der Waals surface area contributed by atoms with Crippen LogP contribution in [0.1, 0.15) is 0 Å². The highest BCUT2D eigenvalue weighted by Gasteiger charge is 2.17. The topological polar surface area (TPSA) is 106 Å². The van der Waals surface area contributed by atoms with Crippen LogP contribution < -0.4 is 5.73 Å². The fourth-order valence-corrected chi connectivity index (χ4v) is 0.424. The van der Waals surface area contributed by atoms with Gasteiger partial charge in [0.15, 0.2) is 5.84 Å². The third-order valence-corrected chi connectivity index (χ3v) is 0.912. The van der Waals surface area contributed by atoms with Gasteiger partial charge in [0.05, 0.1) is 7.11 Å². The lowest BCUT2D eigenvalue weighted by Gasteiger charge is -1.99. The lowest BCUT2D eigenvalue weighted by molar-refractivity contribution is -0.132. The van der Waals surface area contributed by atoms with Crippen molar-refractivity contribution in [3.63, 3.8) is 0 Å². The maximum absolute atomic E-state index is 10.8. The zero-order valence-corrected chi connectivity index (χ0v) is 6.64. The number of nitrogens with two attached hydrogens (primary N) is 1. The van der Waals surface area contributed by atoms with Gasteiger partial charge in [-0.25, -0.2) is 4.79 Å². The SMILES string of the molecule is CON=C(C(=O)OC)C(N)=NO. The van der Waals surface area contributed by atoms with Gasteiger partial charge in [-0.05, 0) is 0 Å². The van der Waals surface area contributed by atoms with Crippen molar-refractivity contribution < 1.29 is 19.6 Å². The maximum atomic E-state index is 10.8. The average molecular weight is 175 g/mol. The van der Waals surface area contributed by atoms with Crippen LogP contribution in [0.2, 0.25) is 0 Å². The highest BCUT2D eigenvalue weighted by atomic mass is 16.6. The first-order valence-electron chi connectivity index (χ1n) is 2.84. The molecule has 12 heavy (non-hydrogen) atoms. The summed E-state index contributed by atoms with van der Waals surface area (Å²) in [6.07, 6.45) is 0. The minimum atomic E-state index is -0.841. The molecule has 0 aromatic heterocycles. The fourth-order valence-electron chi connectivity index (χ4n) is 0.424. The predicted octanol–water partition coefficient (Wildman–Crippen LogP) is -1.09. The number of nitrogens with zero attached hydrogens (tertiary/aromatic N) is 2. The lowest BCUT2D eigenvalue weighted by atomic mass is 10.3. The molecule has 0 aliphatic carbocycles. The molecule has 0 bridgehead atoms. The molecule has 0 amide bonds. The highest BCUT2D eigenvalue weighted by molar-refractivity contribution is 6.64. The predicted molar refractivity (Wildman–Crippen MR) is 39.9 cm³/mol. The van der Waals surface area contributed by atoms with E-state index in [2.05, 4.69) is 19.9 Å². The molecule has 0 saturated carbocycles. The Kier molecular flexibility index (Phi) is 4.20. The number of hydrogen-bond donors (Lipinski definition) is 2. The zero-order valence-electron chi connectivity index (χ0n) is 6.64. The number of oxime groups is 2. The highest BCUT2D eigenvalue weighted by Crippen LogP contribution is 1.85. The molecule has 7 nitrogen and oxygen atoms in total. The van der Waals surface area contributed by atoms with Gasteiger partial charge >= 0.3 is 5.97 Å². The lowest BCUT2D eigenvalue weighted by Crippen LogP contribution is -2.32. The Bertz CT molecular complexity index is 223. The summed E-state index contributed by atoms with van der Waals surface area (Å²) in [6, 6.07) is 0. The number of amidine groups is 1. The Hall–Kier alpha value is -1.79. The summed E-state index contributed by atoms with van der Waals surface area (Å²) in [5, 5.41) is 13.9. The number of carbonyl (C=O) groups is 1. The third-order valence-electron chi connectivity index (χ3n) is 0.912. The van der Waals surface area contributed by atoms with Crippen molar-refractivity contribution in [2.75, 3.05) is 14.2 Å². The van der Waals surface area contributed by atoms with Crippen LogP contribution in [0.25, 0.3) is 0 Å². The normalized spacial score (nSPS) is 12.5. The average Bonchev–Trinajstić information content (AvgIpc) is 2.11. The van der Waals surface area contributed by atoms with Gasteiger partial charge in [-0.2, -0.15) is 0 Å². The number of carbonyl (C=O) groups excluding carboxylic acids is 1. The minimum Gasteiger partial charge on any atom is -0.464 e. The van der Waals surface area contributed by atoms with E-state index in [4.69, 9.17) is 10.9 Å². The molecule has 0 heterocycles. The van der Waals surface area contributed by atoms with Crippen molar-refractivity contribution in [2.45, 2.75) is 0 Å². The van der Waals surface area contributed by atoms with Gasteiger partial charge < -0.3 is 20.5 Å². The molecule has 0 rings (SSSR count). The smallest absolute Gasteiger partial charge is 0.364 e. The van der Waals surface area contributed by atoms with Crippen molar-refractivity contribution in [2.24, 2.45) is 16.0 Å². The number of esters is 1. The number of hydrogen-bond acceptors (Lipinski definition) is 6. The molecule has 0 unspecified atom stereocenters. The summed E-state index contributed by atoms with van der Waals surface area (Å²) in [5.74, 6) is -1.31. The monoisotopic (exact) mass is 175 g/mol. The largest absolute Gasteiger partial charge is 0.464 e. The second kappa shape index (κ2) is 4.94. The van der Waals surface area contributed by atoms with E-state index in [-0.39, 0.29) is 5.71 Å². The molecular formula is C5H9N3O4. The van der Waals surface area contributed by atoms with Gasteiger partial charge in [0.1, 0.15) is 7.11 Å². The van der Waals surface area contributed by atoms with Gasteiger partial charge in [-0.1, -0.05) is 10.3 Å². The molecule has 68 valence electrons. The molecule has 0 spiro atoms. The van der Waals surface area contributed by atoms with Crippen LogP contribution in [0.15, 0.2) is 10.3 Å². The molecule has 0 saturated heterocycles. The standard InChI is InChI=1S/C5H9N3O4/c1-11-5(9)3(8-12-2)4(6)7-10/h10H,1-2H3,(H2,6,7). The second-order valence-corrected chi connectivity index (χ2v) is 1.60. The number of rotatable bonds is 3. The van der Waals surface area contributed by atoms with Crippen LogP contribution >= 0.6 is 0 Å². The maximum Gasteiger partial charge on any atom is 0.364 e. The van der Waals surface area contributed by atoms with E-state index < -0.39 is 11.8 Å². The summed E-state index contributed by atoms with van der Waals surface area (Å²) in [5.41, 5.74) is 4.68. The summed E-state index contributed by atoms with van der Waals surface area (Å²) >= 11 is 0. The summed E-state index contributed by atoms with van der Waals surface area (Å²) in [7, 11) is 2.35. The molecule has 0 aromatic rings. The first-order valence-corrected chi connectivity index (χ1v) is 2.84. The zero-order chi connectivity index (χ0) is 9.56. The Labute approximate surface area is 68.4 Å². The molecule has 0 radical (unpaired) electrons. The Balaban J connectivity index is 4.68. The first kappa shape index (κ1) is 10.2.